The second kappa shape index (κ2) is 5.15. The van der Waals surface area contributed by atoms with E-state index in [1.54, 1.807) is 6.20 Å². The maximum atomic E-state index is 10.7. The van der Waals surface area contributed by atoms with E-state index in [1.807, 2.05) is 0 Å². The third kappa shape index (κ3) is 3.22. The standard InChI is InChI=1S/C14H21N3O2/c1-14(2,3)10-4-6-17(7-5-10)12-9-15-11(8-16-12)13(18)19/h8-10H,4-7H2,1-3H3,(H,18,19). The van der Waals surface area contributed by atoms with Gasteiger partial charge in [0.25, 0.3) is 0 Å². The Bertz CT molecular complexity index is 443. The van der Waals surface area contributed by atoms with Crippen LogP contribution in [-0.2, 0) is 0 Å². The maximum absolute atomic E-state index is 10.7. The van der Waals surface area contributed by atoms with Crippen molar-refractivity contribution in [2.45, 2.75) is 33.6 Å². The third-order valence-electron chi connectivity index (χ3n) is 3.90. The zero-order valence-electron chi connectivity index (χ0n) is 11.8. The Balaban J connectivity index is 2.00. The molecule has 0 radical (unpaired) electrons. The largest absolute Gasteiger partial charge is 0.476 e. The van der Waals surface area contributed by atoms with E-state index in [0.717, 1.165) is 37.7 Å². The van der Waals surface area contributed by atoms with Crippen molar-refractivity contribution in [3.8, 4) is 0 Å². The molecule has 0 spiro atoms. The summed E-state index contributed by atoms with van der Waals surface area (Å²) >= 11 is 0. The quantitative estimate of drug-likeness (QED) is 0.887. The number of anilines is 1. The van der Waals surface area contributed by atoms with Gasteiger partial charge in [-0.3, -0.25) is 0 Å². The van der Waals surface area contributed by atoms with Gasteiger partial charge < -0.3 is 10.0 Å². The highest BCUT2D eigenvalue weighted by Gasteiger charge is 2.29. The van der Waals surface area contributed by atoms with Gasteiger partial charge in [0, 0.05) is 13.1 Å². The van der Waals surface area contributed by atoms with Gasteiger partial charge in [-0.2, -0.15) is 0 Å². The summed E-state index contributed by atoms with van der Waals surface area (Å²) < 4.78 is 0. The second-order valence-corrected chi connectivity index (χ2v) is 6.19. The lowest BCUT2D eigenvalue weighted by molar-refractivity contribution is 0.0690. The summed E-state index contributed by atoms with van der Waals surface area (Å²) in [6.45, 7) is 8.78. The summed E-state index contributed by atoms with van der Waals surface area (Å²) in [5.41, 5.74) is 0.346. The minimum atomic E-state index is -1.04. The first-order valence-electron chi connectivity index (χ1n) is 6.68. The third-order valence-corrected chi connectivity index (χ3v) is 3.90. The van der Waals surface area contributed by atoms with Crippen LogP contribution < -0.4 is 4.90 Å². The van der Waals surface area contributed by atoms with E-state index >= 15 is 0 Å². The molecule has 2 rings (SSSR count). The first-order chi connectivity index (χ1) is 8.88. The second-order valence-electron chi connectivity index (χ2n) is 6.19. The summed E-state index contributed by atoms with van der Waals surface area (Å²) in [6, 6.07) is 0. The number of carboxylic acid groups (broad SMARTS) is 1. The monoisotopic (exact) mass is 263 g/mol. The zero-order valence-corrected chi connectivity index (χ0v) is 11.8. The van der Waals surface area contributed by atoms with Crippen LogP contribution in [0.3, 0.4) is 0 Å². The van der Waals surface area contributed by atoms with Crippen LogP contribution in [0.25, 0.3) is 0 Å². The van der Waals surface area contributed by atoms with Crippen molar-refractivity contribution in [1.82, 2.24) is 9.97 Å². The Hall–Kier alpha value is -1.65. The lowest BCUT2D eigenvalue weighted by Crippen LogP contribution is -2.38. The fraction of sp³-hybridized carbons (Fsp3) is 0.643. The van der Waals surface area contributed by atoms with Gasteiger partial charge in [0.2, 0.25) is 0 Å². The summed E-state index contributed by atoms with van der Waals surface area (Å²) in [6.07, 6.45) is 5.17. The van der Waals surface area contributed by atoms with E-state index in [2.05, 4.69) is 35.6 Å². The van der Waals surface area contributed by atoms with Crippen LogP contribution in [0.15, 0.2) is 12.4 Å². The van der Waals surface area contributed by atoms with Crippen molar-refractivity contribution >= 4 is 11.8 Å². The van der Waals surface area contributed by atoms with Gasteiger partial charge in [-0.05, 0) is 24.2 Å². The molecule has 0 amide bonds. The molecule has 0 aliphatic carbocycles. The van der Waals surface area contributed by atoms with Crippen LogP contribution in [0.2, 0.25) is 0 Å². The Morgan fingerprint density at radius 3 is 2.32 bits per heavy atom. The molecule has 5 heteroatoms. The first-order valence-corrected chi connectivity index (χ1v) is 6.68. The molecule has 0 aromatic carbocycles. The minimum Gasteiger partial charge on any atom is -0.476 e. The van der Waals surface area contributed by atoms with E-state index in [9.17, 15) is 4.79 Å². The number of carboxylic acids is 1. The number of hydrogen-bond acceptors (Lipinski definition) is 4. The van der Waals surface area contributed by atoms with Crippen molar-refractivity contribution in [2.24, 2.45) is 11.3 Å². The molecular weight excluding hydrogens is 242 g/mol. The van der Waals surface area contributed by atoms with E-state index in [0.29, 0.717) is 5.41 Å². The minimum absolute atomic E-state index is 0.00618. The van der Waals surface area contributed by atoms with Crippen LogP contribution in [0, 0.1) is 11.3 Å². The molecule has 1 N–H and O–H groups in total. The molecule has 1 aromatic rings. The summed E-state index contributed by atoms with van der Waals surface area (Å²) in [5, 5.41) is 8.79. The van der Waals surface area contributed by atoms with Gasteiger partial charge in [-0.25, -0.2) is 14.8 Å². The average molecular weight is 263 g/mol. The Morgan fingerprint density at radius 2 is 1.89 bits per heavy atom. The normalized spacial score (nSPS) is 17.5. The molecule has 19 heavy (non-hydrogen) atoms. The molecule has 0 bridgehead atoms. The molecule has 2 heterocycles. The average Bonchev–Trinajstić information content (AvgIpc) is 2.38. The molecule has 1 aromatic heterocycles. The van der Waals surface area contributed by atoms with Crippen LogP contribution in [-0.4, -0.2) is 34.1 Å². The van der Waals surface area contributed by atoms with E-state index in [4.69, 9.17) is 5.11 Å². The molecule has 0 atom stereocenters. The lowest BCUT2D eigenvalue weighted by atomic mass is 9.75. The van der Waals surface area contributed by atoms with Crippen LogP contribution in [0.5, 0.6) is 0 Å². The smallest absolute Gasteiger partial charge is 0.356 e. The first kappa shape index (κ1) is 13.8. The molecule has 0 saturated carbocycles. The molecule has 104 valence electrons. The van der Waals surface area contributed by atoms with Crippen molar-refractivity contribution < 1.29 is 9.90 Å². The van der Waals surface area contributed by atoms with Crippen molar-refractivity contribution in [2.75, 3.05) is 18.0 Å². The van der Waals surface area contributed by atoms with Gasteiger partial charge in [-0.1, -0.05) is 20.8 Å². The zero-order chi connectivity index (χ0) is 14.0. The predicted molar refractivity (Wildman–Crippen MR) is 73.4 cm³/mol. The van der Waals surface area contributed by atoms with E-state index in [1.165, 1.54) is 6.20 Å². The summed E-state index contributed by atoms with van der Waals surface area (Å²) in [5.74, 6) is 0.470. The van der Waals surface area contributed by atoms with Gasteiger partial charge in [0.05, 0.1) is 12.4 Å². The Labute approximate surface area is 113 Å². The number of aromatic nitrogens is 2. The van der Waals surface area contributed by atoms with E-state index in [-0.39, 0.29) is 5.69 Å². The lowest BCUT2D eigenvalue weighted by Gasteiger charge is -2.39. The highest BCUT2D eigenvalue weighted by Crippen LogP contribution is 2.35. The topological polar surface area (TPSA) is 66.3 Å². The molecular formula is C14H21N3O2. The van der Waals surface area contributed by atoms with Gasteiger partial charge in [0.1, 0.15) is 5.82 Å². The number of hydrogen-bond donors (Lipinski definition) is 1. The Kier molecular flexibility index (Phi) is 3.73. The summed E-state index contributed by atoms with van der Waals surface area (Å²) in [4.78, 5) is 21.0. The highest BCUT2D eigenvalue weighted by atomic mass is 16.4. The van der Waals surface area contributed by atoms with E-state index < -0.39 is 5.97 Å². The number of nitrogens with zero attached hydrogens (tertiary/aromatic N) is 3. The maximum Gasteiger partial charge on any atom is 0.356 e. The van der Waals surface area contributed by atoms with Crippen LogP contribution in [0.1, 0.15) is 44.1 Å². The molecule has 5 nitrogen and oxygen atoms in total. The van der Waals surface area contributed by atoms with Crippen LogP contribution in [0.4, 0.5) is 5.82 Å². The van der Waals surface area contributed by atoms with Crippen molar-refractivity contribution in [1.29, 1.82) is 0 Å². The number of piperidine rings is 1. The number of aromatic carboxylic acids is 1. The van der Waals surface area contributed by atoms with Crippen molar-refractivity contribution in [3.63, 3.8) is 0 Å². The molecule has 1 aliphatic rings. The number of carbonyl (C=O) groups is 1. The predicted octanol–water partition coefficient (Wildman–Crippen LogP) is 2.44. The molecule has 0 unspecified atom stereocenters. The Morgan fingerprint density at radius 1 is 1.26 bits per heavy atom. The fourth-order valence-electron chi connectivity index (χ4n) is 2.57. The number of rotatable bonds is 2. The fourth-order valence-corrected chi connectivity index (χ4v) is 2.57. The molecule has 1 aliphatic heterocycles. The van der Waals surface area contributed by atoms with Crippen molar-refractivity contribution in [3.05, 3.63) is 18.1 Å². The summed E-state index contributed by atoms with van der Waals surface area (Å²) in [7, 11) is 0. The SMILES string of the molecule is CC(C)(C)C1CCN(c2cnc(C(=O)O)cn2)CC1. The van der Waals surface area contributed by atoms with Gasteiger partial charge in [-0.15, -0.1) is 0 Å². The van der Waals surface area contributed by atoms with Gasteiger partial charge in [0.15, 0.2) is 5.69 Å². The van der Waals surface area contributed by atoms with Gasteiger partial charge >= 0.3 is 5.97 Å². The molecule has 1 saturated heterocycles. The molecule has 1 fully saturated rings. The highest BCUT2D eigenvalue weighted by molar-refractivity contribution is 5.84. The van der Waals surface area contributed by atoms with Crippen LogP contribution >= 0.6 is 0 Å².